The van der Waals surface area contributed by atoms with Crippen molar-refractivity contribution < 1.29 is 0 Å². The van der Waals surface area contributed by atoms with Crippen molar-refractivity contribution in [2.75, 3.05) is 26.7 Å². The maximum absolute atomic E-state index is 3.69. The van der Waals surface area contributed by atoms with Gasteiger partial charge in [0.15, 0.2) is 0 Å². The summed E-state index contributed by atoms with van der Waals surface area (Å²) in [6, 6.07) is 0.842. The second-order valence-corrected chi connectivity index (χ2v) is 4.27. The molecule has 1 aliphatic rings. The largest absolute Gasteiger partial charge is 0.312 e. The monoisotopic (exact) mass is 196 g/mol. The maximum Gasteiger partial charge on any atom is 0.0132 e. The van der Waals surface area contributed by atoms with Gasteiger partial charge in [0.25, 0.3) is 0 Å². The lowest BCUT2D eigenvalue weighted by Crippen LogP contribution is -2.38. The molecule has 1 fully saturated rings. The molecule has 2 nitrogen and oxygen atoms in total. The zero-order valence-corrected chi connectivity index (χ0v) is 9.47. The summed E-state index contributed by atoms with van der Waals surface area (Å²) in [6.07, 6.45) is 9.01. The SMILES string of the molecule is C=CCNCCN(C)C1CCCCC1. The average Bonchev–Trinajstić information content (AvgIpc) is 2.25. The minimum atomic E-state index is 0.842. The predicted octanol–water partition coefficient (Wildman–Crippen LogP) is 2.03. The zero-order chi connectivity index (χ0) is 10.2. The van der Waals surface area contributed by atoms with Crippen LogP contribution in [-0.4, -0.2) is 37.6 Å². The van der Waals surface area contributed by atoms with Crippen molar-refractivity contribution >= 4 is 0 Å². The van der Waals surface area contributed by atoms with Crippen LogP contribution >= 0.6 is 0 Å². The Labute approximate surface area is 88.4 Å². The Morgan fingerprint density at radius 2 is 2.07 bits per heavy atom. The van der Waals surface area contributed by atoms with E-state index in [2.05, 4.69) is 23.8 Å². The van der Waals surface area contributed by atoms with Crippen molar-refractivity contribution in [2.45, 2.75) is 38.1 Å². The lowest BCUT2D eigenvalue weighted by molar-refractivity contribution is 0.193. The highest BCUT2D eigenvalue weighted by Gasteiger charge is 2.16. The van der Waals surface area contributed by atoms with Gasteiger partial charge in [0.2, 0.25) is 0 Å². The van der Waals surface area contributed by atoms with Crippen LogP contribution in [0.25, 0.3) is 0 Å². The van der Waals surface area contributed by atoms with Gasteiger partial charge in [-0.1, -0.05) is 25.3 Å². The van der Waals surface area contributed by atoms with E-state index in [-0.39, 0.29) is 0 Å². The second kappa shape index (κ2) is 7.02. The first kappa shape index (κ1) is 11.7. The van der Waals surface area contributed by atoms with Gasteiger partial charge in [-0.15, -0.1) is 6.58 Å². The summed E-state index contributed by atoms with van der Waals surface area (Å²) in [5, 5.41) is 3.35. The quantitative estimate of drug-likeness (QED) is 0.516. The number of hydrogen-bond acceptors (Lipinski definition) is 2. The fourth-order valence-electron chi connectivity index (χ4n) is 2.16. The van der Waals surface area contributed by atoms with Crippen LogP contribution in [0.2, 0.25) is 0 Å². The molecule has 0 heterocycles. The molecule has 0 aromatic heterocycles. The average molecular weight is 196 g/mol. The van der Waals surface area contributed by atoms with Gasteiger partial charge in [-0.05, 0) is 19.9 Å². The Morgan fingerprint density at radius 3 is 2.71 bits per heavy atom. The molecule has 82 valence electrons. The van der Waals surface area contributed by atoms with E-state index < -0.39 is 0 Å². The van der Waals surface area contributed by atoms with Crippen LogP contribution in [0.15, 0.2) is 12.7 Å². The van der Waals surface area contributed by atoms with E-state index in [1.54, 1.807) is 0 Å². The first-order chi connectivity index (χ1) is 6.84. The van der Waals surface area contributed by atoms with Crippen molar-refractivity contribution in [2.24, 2.45) is 0 Å². The molecule has 0 spiro atoms. The van der Waals surface area contributed by atoms with Gasteiger partial charge >= 0.3 is 0 Å². The van der Waals surface area contributed by atoms with E-state index in [1.807, 2.05) is 6.08 Å². The standard InChI is InChI=1S/C12H24N2/c1-3-9-13-10-11-14(2)12-7-5-4-6-8-12/h3,12-13H,1,4-11H2,2H3. The molecule has 0 bridgehead atoms. The first-order valence-electron chi connectivity index (χ1n) is 5.86. The van der Waals surface area contributed by atoms with Crippen molar-refractivity contribution in [3.8, 4) is 0 Å². The van der Waals surface area contributed by atoms with E-state index in [0.29, 0.717) is 0 Å². The number of likely N-dealkylation sites (N-methyl/N-ethyl adjacent to an activating group) is 1. The molecule has 0 aliphatic heterocycles. The number of rotatable bonds is 6. The third-order valence-electron chi connectivity index (χ3n) is 3.13. The summed E-state index contributed by atoms with van der Waals surface area (Å²) >= 11 is 0. The number of hydrogen-bond donors (Lipinski definition) is 1. The highest BCUT2D eigenvalue weighted by Crippen LogP contribution is 2.20. The minimum Gasteiger partial charge on any atom is -0.312 e. The molecule has 1 aliphatic carbocycles. The summed E-state index contributed by atoms with van der Waals surface area (Å²) in [6.45, 7) is 6.87. The van der Waals surface area contributed by atoms with Gasteiger partial charge in [0.1, 0.15) is 0 Å². The zero-order valence-electron chi connectivity index (χ0n) is 9.47. The number of nitrogens with zero attached hydrogens (tertiary/aromatic N) is 1. The maximum atomic E-state index is 3.69. The Morgan fingerprint density at radius 1 is 1.36 bits per heavy atom. The highest BCUT2D eigenvalue weighted by atomic mass is 15.1. The van der Waals surface area contributed by atoms with Crippen LogP contribution in [0.5, 0.6) is 0 Å². The molecule has 1 saturated carbocycles. The summed E-state index contributed by atoms with van der Waals surface area (Å²) in [7, 11) is 2.26. The fraction of sp³-hybridized carbons (Fsp3) is 0.833. The van der Waals surface area contributed by atoms with Gasteiger partial charge < -0.3 is 10.2 Å². The topological polar surface area (TPSA) is 15.3 Å². The van der Waals surface area contributed by atoms with Crippen LogP contribution in [0.3, 0.4) is 0 Å². The summed E-state index contributed by atoms with van der Waals surface area (Å²) in [4.78, 5) is 2.51. The van der Waals surface area contributed by atoms with Crippen LogP contribution in [-0.2, 0) is 0 Å². The van der Waals surface area contributed by atoms with Crippen molar-refractivity contribution in [1.82, 2.24) is 10.2 Å². The second-order valence-electron chi connectivity index (χ2n) is 4.27. The van der Waals surface area contributed by atoms with E-state index in [1.165, 1.54) is 38.6 Å². The Bertz CT molecular complexity index is 150. The normalized spacial score (nSPS) is 18.7. The van der Waals surface area contributed by atoms with Crippen molar-refractivity contribution in [3.63, 3.8) is 0 Å². The van der Waals surface area contributed by atoms with Crippen LogP contribution in [0.4, 0.5) is 0 Å². The van der Waals surface area contributed by atoms with Crippen LogP contribution in [0, 0.1) is 0 Å². The Balaban J connectivity index is 2.06. The third kappa shape index (κ3) is 4.25. The lowest BCUT2D eigenvalue weighted by Gasteiger charge is -2.31. The van der Waals surface area contributed by atoms with E-state index in [9.17, 15) is 0 Å². The predicted molar refractivity (Wildman–Crippen MR) is 62.6 cm³/mol. The highest BCUT2D eigenvalue weighted by molar-refractivity contribution is 4.75. The molecule has 0 radical (unpaired) electrons. The van der Waals surface area contributed by atoms with Crippen molar-refractivity contribution in [3.05, 3.63) is 12.7 Å². The van der Waals surface area contributed by atoms with Gasteiger partial charge in [0, 0.05) is 25.7 Å². The summed E-state index contributed by atoms with van der Waals surface area (Å²) < 4.78 is 0. The fourth-order valence-corrected chi connectivity index (χ4v) is 2.16. The molecule has 0 aromatic rings. The molecule has 1 N–H and O–H groups in total. The molecule has 14 heavy (non-hydrogen) atoms. The molecular weight excluding hydrogens is 172 g/mol. The smallest absolute Gasteiger partial charge is 0.0132 e. The van der Waals surface area contributed by atoms with E-state index in [4.69, 9.17) is 0 Å². The summed E-state index contributed by atoms with van der Waals surface area (Å²) in [5.41, 5.74) is 0. The summed E-state index contributed by atoms with van der Waals surface area (Å²) in [5.74, 6) is 0. The van der Waals surface area contributed by atoms with Gasteiger partial charge in [-0.3, -0.25) is 0 Å². The van der Waals surface area contributed by atoms with Crippen LogP contribution in [0.1, 0.15) is 32.1 Å². The molecule has 1 rings (SSSR count). The van der Waals surface area contributed by atoms with Crippen LogP contribution < -0.4 is 5.32 Å². The minimum absolute atomic E-state index is 0.842. The number of nitrogens with one attached hydrogen (secondary N) is 1. The molecule has 0 amide bonds. The van der Waals surface area contributed by atoms with E-state index in [0.717, 1.165) is 19.1 Å². The Hall–Kier alpha value is -0.340. The molecule has 0 saturated heterocycles. The molecule has 0 aromatic carbocycles. The third-order valence-corrected chi connectivity index (χ3v) is 3.13. The molecule has 0 unspecified atom stereocenters. The van der Waals surface area contributed by atoms with Crippen molar-refractivity contribution in [1.29, 1.82) is 0 Å². The van der Waals surface area contributed by atoms with Gasteiger partial charge in [0.05, 0.1) is 0 Å². The first-order valence-corrected chi connectivity index (χ1v) is 5.86. The Kier molecular flexibility index (Phi) is 5.88. The molecular formula is C12H24N2. The van der Waals surface area contributed by atoms with E-state index >= 15 is 0 Å². The molecule has 2 heteroatoms. The van der Waals surface area contributed by atoms with Gasteiger partial charge in [-0.25, -0.2) is 0 Å². The lowest BCUT2D eigenvalue weighted by atomic mass is 9.94. The molecule has 0 atom stereocenters. The van der Waals surface area contributed by atoms with Gasteiger partial charge in [-0.2, -0.15) is 0 Å².